The molecular formula is C18H16N2O4. The Bertz CT molecular complexity index is 787. The third-order valence-electron chi connectivity index (χ3n) is 3.62. The van der Waals surface area contributed by atoms with Crippen LogP contribution >= 0.6 is 0 Å². The van der Waals surface area contributed by atoms with Crippen molar-refractivity contribution in [3.63, 3.8) is 0 Å². The van der Waals surface area contributed by atoms with Gasteiger partial charge in [0.05, 0.1) is 18.4 Å². The number of carbonyl (C=O) groups is 2. The van der Waals surface area contributed by atoms with E-state index in [1.54, 1.807) is 24.3 Å². The third-order valence-corrected chi connectivity index (χ3v) is 3.62. The highest BCUT2D eigenvalue weighted by Crippen LogP contribution is 2.19. The summed E-state index contributed by atoms with van der Waals surface area (Å²) in [5, 5.41) is 6.72. The van der Waals surface area contributed by atoms with Crippen LogP contribution in [0.5, 0.6) is 0 Å². The van der Waals surface area contributed by atoms with Crippen LogP contribution in [0.1, 0.15) is 22.3 Å². The van der Waals surface area contributed by atoms with E-state index >= 15 is 0 Å². The van der Waals surface area contributed by atoms with Gasteiger partial charge in [0, 0.05) is 12.1 Å². The molecule has 2 aromatic carbocycles. The van der Waals surface area contributed by atoms with Gasteiger partial charge in [0.1, 0.15) is 0 Å². The van der Waals surface area contributed by atoms with Gasteiger partial charge in [-0.1, -0.05) is 41.6 Å². The van der Waals surface area contributed by atoms with E-state index in [2.05, 4.69) is 15.2 Å². The van der Waals surface area contributed by atoms with Gasteiger partial charge >= 0.3 is 5.97 Å². The lowest BCUT2D eigenvalue weighted by Crippen LogP contribution is -2.28. The van der Waals surface area contributed by atoms with Gasteiger partial charge in [0.25, 0.3) is 5.91 Å². The molecule has 1 N–H and O–H groups in total. The van der Waals surface area contributed by atoms with Gasteiger partial charge < -0.3 is 14.9 Å². The van der Waals surface area contributed by atoms with Gasteiger partial charge in [-0.3, -0.25) is 4.79 Å². The molecule has 3 rings (SSSR count). The molecule has 0 bridgehead atoms. The molecule has 0 fully saturated rings. The molecule has 24 heavy (non-hydrogen) atoms. The predicted molar refractivity (Wildman–Crippen MR) is 88.9 cm³/mol. The zero-order chi connectivity index (χ0) is 16.9. The van der Waals surface area contributed by atoms with Gasteiger partial charge in [-0.25, -0.2) is 4.79 Å². The highest BCUT2D eigenvalue weighted by atomic mass is 16.6. The summed E-state index contributed by atoms with van der Waals surface area (Å²) in [7, 11) is 1.31. The molecule has 1 aliphatic heterocycles. The number of esters is 1. The molecule has 0 spiro atoms. The fraction of sp³-hybridized carbons (Fsp3) is 0.167. The number of amides is 1. The number of carbonyl (C=O) groups excluding carboxylic acids is 2. The van der Waals surface area contributed by atoms with E-state index < -0.39 is 12.1 Å². The predicted octanol–water partition coefficient (Wildman–Crippen LogP) is 2.60. The monoisotopic (exact) mass is 324 g/mol. The maximum atomic E-state index is 12.3. The van der Waals surface area contributed by atoms with Gasteiger partial charge in [0.15, 0.2) is 0 Å². The fourth-order valence-electron chi connectivity index (χ4n) is 2.38. The van der Waals surface area contributed by atoms with Crippen molar-refractivity contribution >= 4 is 23.3 Å². The average molecular weight is 324 g/mol. The van der Waals surface area contributed by atoms with E-state index in [0.29, 0.717) is 17.7 Å². The molecule has 0 unspecified atom stereocenters. The van der Waals surface area contributed by atoms with Crippen molar-refractivity contribution in [2.24, 2.45) is 5.16 Å². The van der Waals surface area contributed by atoms with Crippen LogP contribution in [0.3, 0.4) is 0 Å². The molecule has 0 aromatic heterocycles. The smallest absolute Gasteiger partial charge is 0.337 e. The molecule has 0 saturated carbocycles. The molecule has 1 aliphatic rings. The molecule has 0 aliphatic carbocycles. The number of anilines is 1. The van der Waals surface area contributed by atoms with Crippen LogP contribution < -0.4 is 5.32 Å². The minimum absolute atomic E-state index is 0.313. The first-order chi connectivity index (χ1) is 11.7. The van der Waals surface area contributed by atoms with Crippen molar-refractivity contribution in [1.29, 1.82) is 0 Å². The van der Waals surface area contributed by atoms with E-state index in [0.717, 1.165) is 11.3 Å². The van der Waals surface area contributed by atoms with Crippen LogP contribution in [0.25, 0.3) is 0 Å². The second-order valence-electron chi connectivity index (χ2n) is 5.26. The summed E-state index contributed by atoms with van der Waals surface area (Å²) in [5.74, 6) is -0.774. The summed E-state index contributed by atoms with van der Waals surface area (Å²) in [5.41, 5.74) is 2.53. The number of methoxy groups -OCH3 is 1. The van der Waals surface area contributed by atoms with Crippen molar-refractivity contribution in [3.8, 4) is 0 Å². The molecule has 6 nitrogen and oxygen atoms in total. The minimum Gasteiger partial charge on any atom is -0.465 e. The van der Waals surface area contributed by atoms with E-state index in [1.165, 1.54) is 7.11 Å². The van der Waals surface area contributed by atoms with Crippen LogP contribution in [-0.2, 0) is 14.4 Å². The minimum atomic E-state index is -0.693. The van der Waals surface area contributed by atoms with Crippen LogP contribution in [0.15, 0.2) is 59.8 Å². The Kier molecular flexibility index (Phi) is 4.56. The summed E-state index contributed by atoms with van der Waals surface area (Å²) >= 11 is 0. The SMILES string of the molecule is COC(=O)c1cccc(NC(=O)[C@@H]2CC(c3ccccc3)=NO2)c1. The van der Waals surface area contributed by atoms with Crippen molar-refractivity contribution in [2.75, 3.05) is 12.4 Å². The van der Waals surface area contributed by atoms with E-state index in [9.17, 15) is 9.59 Å². The molecule has 0 radical (unpaired) electrons. The first-order valence-electron chi connectivity index (χ1n) is 7.45. The number of nitrogens with one attached hydrogen (secondary N) is 1. The first-order valence-corrected chi connectivity index (χ1v) is 7.45. The summed E-state index contributed by atoms with van der Waals surface area (Å²) in [6, 6.07) is 16.1. The standard InChI is InChI=1S/C18H16N2O4/c1-23-18(22)13-8-5-9-14(10-13)19-17(21)16-11-15(20-24-16)12-6-3-2-4-7-12/h2-10,16H,11H2,1H3,(H,19,21)/t16-/m0/s1. The van der Waals surface area contributed by atoms with Gasteiger partial charge in [-0.05, 0) is 23.8 Å². The Morgan fingerprint density at radius 2 is 1.96 bits per heavy atom. The molecule has 0 saturated heterocycles. The van der Waals surface area contributed by atoms with Crippen molar-refractivity contribution < 1.29 is 19.2 Å². The molecule has 122 valence electrons. The van der Waals surface area contributed by atoms with Crippen LogP contribution in [0.2, 0.25) is 0 Å². The topological polar surface area (TPSA) is 77.0 Å². The summed E-state index contributed by atoms with van der Waals surface area (Å²) in [6.07, 6.45) is -0.297. The largest absolute Gasteiger partial charge is 0.465 e. The second kappa shape index (κ2) is 6.95. The average Bonchev–Trinajstić information content (AvgIpc) is 3.12. The first kappa shape index (κ1) is 15.7. The number of benzene rings is 2. The number of hydrogen-bond acceptors (Lipinski definition) is 5. The molecule has 6 heteroatoms. The zero-order valence-corrected chi connectivity index (χ0v) is 13.1. The summed E-state index contributed by atoms with van der Waals surface area (Å²) in [6.45, 7) is 0. The van der Waals surface area contributed by atoms with Crippen LogP contribution in [0, 0.1) is 0 Å². The van der Waals surface area contributed by atoms with Crippen LogP contribution in [-0.4, -0.2) is 30.8 Å². The van der Waals surface area contributed by atoms with Crippen molar-refractivity contribution in [3.05, 3.63) is 65.7 Å². The highest BCUT2D eigenvalue weighted by Gasteiger charge is 2.28. The Labute approximate surface area is 139 Å². The third kappa shape index (κ3) is 3.43. The number of oxime groups is 1. The Balaban J connectivity index is 1.64. The lowest BCUT2D eigenvalue weighted by Gasteiger charge is -2.10. The second-order valence-corrected chi connectivity index (χ2v) is 5.26. The molecule has 1 amide bonds. The van der Waals surface area contributed by atoms with E-state index in [1.807, 2.05) is 30.3 Å². The maximum Gasteiger partial charge on any atom is 0.337 e. The van der Waals surface area contributed by atoms with E-state index in [-0.39, 0.29) is 5.91 Å². The summed E-state index contributed by atoms with van der Waals surface area (Å²) in [4.78, 5) is 29.1. The Morgan fingerprint density at radius 3 is 2.71 bits per heavy atom. The Morgan fingerprint density at radius 1 is 1.17 bits per heavy atom. The molecule has 1 atom stereocenters. The lowest BCUT2D eigenvalue weighted by atomic mass is 10.0. The fourth-order valence-corrected chi connectivity index (χ4v) is 2.38. The zero-order valence-electron chi connectivity index (χ0n) is 13.1. The normalized spacial score (nSPS) is 16.0. The molecule has 2 aromatic rings. The number of rotatable bonds is 4. The van der Waals surface area contributed by atoms with Crippen molar-refractivity contribution in [2.45, 2.75) is 12.5 Å². The van der Waals surface area contributed by atoms with Crippen LogP contribution in [0.4, 0.5) is 5.69 Å². The number of nitrogens with zero attached hydrogens (tertiary/aromatic N) is 1. The van der Waals surface area contributed by atoms with E-state index in [4.69, 9.17) is 4.84 Å². The summed E-state index contributed by atoms with van der Waals surface area (Å²) < 4.78 is 4.66. The quantitative estimate of drug-likeness (QED) is 0.877. The molecular weight excluding hydrogens is 308 g/mol. The molecule has 1 heterocycles. The maximum absolute atomic E-state index is 12.3. The van der Waals surface area contributed by atoms with Crippen molar-refractivity contribution in [1.82, 2.24) is 0 Å². The highest BCUT2D eigenvalue weighted by molar-refractivity contribution is 6.06. The number of hydrogen-bond donors (Lipinski definition) is 1. The number of ether oxygens (including phenoxy) is 1. The van der Waals surface area contributed by atoms with Gasteiger partial charge in [-0.15, -0.1) is 0 Å². The van der Waals surface area contributed by atoms with Gasteiger partial charge in [0.2, 0.25) is 6.10 Å². The Hall–Kier alpha value is -3.15. The van der Waals surface area contributed by atoms with Gasteiger partial charge in [-0.2, -0.15) is 0 Å². The lowest BCUT2D eigenvalue weighted by molar-refractivity contribution is -0.125.